The highest BCUT2D eigenvalue weighted by Gasteiger charge is 2.12. The first-order chi connectivity index (χ1) is 9.24. The first kappa shape index (κ1) is 18.0. The summed E-state index contributed by atoms with van der Waals surface area (Å²) in [4.78, 5) is 2.26. The van der Waals surface area contributed by atoms with Crippen LogP contribution in [0.25, 0.3) is 0 Å². The Kier molecular flexibility index (Phi) is 11.4. The van der Waals surface area contributed by atoms with Gasteiger partial charge in [-0.15, -0.1) is 0 Å². The van der Waals surface area contributed by atoms with Crippen LogP contribution in [-0.2, 0) is 4.74 Å². The normalized spacial score (nSPS) is 15.4. The van der Waals surface area contributed by atoms with Gasteiger partial charge in [0.05, 0.1) is 12.3 Å². The van der Waals surface area contributed by atoms with Crippen LogP contribution in [0.5, 0.6) is 0 Å². The number of rotatable bonds is 8. The number of nitrogens with zero attached hydrogens (tertiary/aromatic N) is 1. The molecule has 1 rings (SSSR count). The van der Waals surface area contributed by atoms with E-state index in [-0.39, 0.29) is 0 Å². The Morgan fingerprint density at radius 1 is 1.37 bits per heavy atom. The molecule has 0 unspecified atom stereocenters. The van der Waals surface area contributed by atoms with E-state index in [1.165, 1.54) is 19.3 Å². The molecule has 4 heteroatoms. The van der Waals surface area contributed by atoms with Gasteiger partial charge >= 0.3 is 0 Å². The van der Waals surface area contributed by atoms with Gasteiger partial charge in [-0.3, -0.25) is 0 Å². The Morgan fingerprint density at radius 3 is 2.74 bits per heavy atom. The lowest BCUT2D eigenvalue weighted by Crippen LogP contribution is -2.29. The minimum atomic E-state index is 0.478. The molecule has 110 valence electrons. The molecule has 1 aliphatic rings. The van der Waals surface area contributed by atoms with E-state index >= 15 is 0 Å². The van der Waals surface area contributed by atoms with Crippen LogP contribution in [0.4, 0.5) is 0 Å². The lowest BCUT2D eigenvalue weighted by Gasteiger charge is -2.23. The first-order valence-corrected chi connectivity index (χ1v) is 7.12. The lowest BCUT2D eigenvalue weighted by molar-refractivity contribution is 0.165. The van der Waals surface area contributed by atoms with E-state index in [0.717, 1.165) is 38.1 Å². The quantitative estimate of drug-likeness (QED) is 0.524. The third-order valence-corrected chi connectivity index (χ3v) is 3.12. The molecular formula is C15H29N3O. The van der Waals surface area contributed by atoms with Gasteiger partial charge in [-0.25, -0.2) is 0 Å². The molecule has 1 heterocycles. The maximum absolute atomic E-state index is 7.97. The van der Waals surface area contributed by atoms with Crippen molar-refractivity contribution in [3.8, 4) is 0 Å². The van der Waals surface area contributed by atoms with Crippen LogP contribution in [0.1, 0.15) is 39.0 Å². The Bertz CT molecular complexity index is 277. The molecule has 0 aromatic rings. The van der Waals surface area contributed by atoms with Crippen molar-refractivity contribution in [1.29, 1.82) is 10.8 Å². The van der Waals surface area contributed by atoms with Gasteiger partial charge in [0.25, 0.3) is 0 Å². The predicted octanol–water partition coefficient (Wildman–Crippen LogP) is 3.13. The molecule has 19 heavy (non-hydrogen) atoms. The monoisotopic (exact) mass is 267 g/mol. The van der Waals surface area contributed by atoms with Gasteiger partial charge in [-0.1, -0.05) is 32.3 Å². The minimum absolute atomic E-state index is 0.478. The van der Waals surface area contributed by atoms with Crippen LogP contribution in [0.2, 0.25) is 0 Å². The van der Waals surface area contributed by atoms with Crippen LogP contribution >= 0.6 is 0 Å². The fourth-order valence-electron chi connectivity index (χ4n) is 2.01. The molecule has 4 nitrogen and oxygen atoms in total. The van der Waals surface area contributed by atoms with E-state index in [4.69, 9.17) is 15.6 Å². The van der Waals surface area contributed by atoms with Crippen LogP contribution in [0.3, 0.4) is 0 Å². The summed E-state index contributed by atoms with van der Waals surface area (Å²) in [6, 6.07) is 0. The van der Waals surface area contributed by atoms with Crippen LogP contribution in [0.15, 0.2) is 11.6 Å². The van der Waals surface area contributed by atoms with E-state index in [2.05, 4.69) is 31.7 Å². The van der Waals surface area contributed by atoms with Crippen LogP contribution in [-0.4, -0.2) is 50.7 Å². The van der Waals surface area contributed by atoms with Crippen molar-refractivity contribution >= 4 is 12.4 Å². The summed E-state index contributed by atoms with van der Waals surface area (Å²) < 4.78 is 5.55. The molecule has 0 atom stereocenters. The zero-order valence-corrected chi connectivity index (χ0v) is 12.5. The molecular weight excluding hydrogens is 238 g/mol. The number of likely N-dealkylation sites (N-methyl/N-ethyl adjacent to an activating group) is 1. The molecule has 0 fully saturated rings. The molecule has 0 saturated carbocycles. The largest absolute Gasteiger partial charge is 0.375 e. The van der Waals surface area contributed by atoms with E-state index in [0.29, 0.717) is 12.3 Å². The van der Waals surface area contributed by atoms with Crippen molar-refractivity contribution in [2.75, 3.05) is 33.4 Å². The first-order valence-electron chi connectivity index (χ1n) is 7.12. The highest BCUT2D eigenvalue weighted by molar-refractivity contribution is 5.99. The Hall–Kier alpha value is -1.00. The molecule has 0 aliphatic carbocycles. The number of unbranched alkanes of at least 4 members (excludes halogenated alkanes) is 3. The summed E-state index contributed by atoms with van der Waals surface area (Å²) in [6.45, 7) is 7.99. The van der Waals surface area contributed by atoms with Crippen molar-refractivity contribution in [3.05, 3.63) is 11.6 Å². The number of hydrogen-bond donors (Lipinski definition) is 2. The standard InChI is InChI=1S/C14H26N2O.CH3N/c1-3-4-5-6-10-17-12-14(15)13-8-7-9-16(2)11-13;1-2/h8,15H,3-7,9-12H2,1-2H3;2H,1H2. The maximum Gasteiger partial charge on any atom is 0.0883 e. The summed E-state index contributed by atoms with van der Waals surface area (Å²) in [5.74, 6) is 0. The van der Waals surface area contributed by atoms with Crippen molar-refractivity contribution < 1.29 is 4.74 Å². The van der Waals surface area contributed by atoms with Crippen molar-refractivity contribution in [2.24, 2.45) is 0 Å². The predicted molar refractivity (Wildman–Crippen MR) is 82.7 cm³/mol. The third kappa shape index (κ3) is 8.67. The molecule has 0 aromatic heterocycles. The fraction of sp³-hybridized carbons (Fsp3) is 0.733. The van der Waals surface area contributed by atoms with Crippen molar-refractivity contribution in [3.63, 3.8) is 0 Å². The van der Waals surface area contributed by atoms with Gasteiger partial charge in [0.15, 0.2) is 0 Å². The number of nitrogens with one attached hydrogen (secondary N) is 2. The second kappa shape index (κ2) is 12.1. The average Bonchev–Trinajstić information content (AvgIpc) is 2.44. The zero-order chi connectivity index (χ0) is 14.5. The zero-order valence-electron chi connectivity index (χ0n) is 12.5. The van der Waals surface area contributed by atoms with Gasteiger partial charge < -0.3 is 20.5 Å². The third-order valence-electron chi connectivity index (χ3n) is 3.12. The van der Waals surface area contributed by atoms with Gasteiger partial charge in [0, 0.05) is 19.7 Å². The molecule has 0 aromatic carbocycles. The average molecular weight is 267 g/mol. The molecule has 0 radical (unpaired) electrons. The molecule has 2 N–H and O–H groups in total. The number of hydrogen-bond acceptors (Lipinski definition) is 4. The van der Waals surface area contributed by atoms with Gasteiger partial charge in [0.2, 0.25) is 0 Å². The van der Waals surface area contributed by atoms with E-state index in [1.54, 1.807) is 0 Å². The smallest absolute Gasteiger partial charge is 0.0883 e. The molecule has 0 bridgehead atoms. The van der Waals surface area contributed by atoms with Gasteiger partial charge in [-0.05, 0) is 32.2 Å². The highest BCUT2D eigenvalue weighted by atomic mass is 16.5. The second-order valence-electron chi connectivity index (χ2n) is 4.85. The summed E-state index contributed by atoms with van der Waals surface area (Å²) in [6.07, 6.45) is 8.16. The molecule has 0 spiro atoms. The van der Waals surface area contributed by atoms with Crippen LogP contribution < -0.4 is 0 Å². The SMILES string of the molecule is C=N.CCCCCCOCC(=N)C1=CCCN(C)C1. The molecule has 0 saturated heterocycles. The number of ether oxygens (including phenoxy) is 1. The Labute approximate surface area is 117 Å². The Balaban J connectivity index is 0.00000154. The maximum atomic E-state index is 7.97. The second-order valence-corrected chi connectivity index (χ2v) is 4.85. The van der Waals surface area contributed by atoms with Crippen molar-refractivity contribution in [1.82, 2.24) is 4.90 Å². The van der Waals surface area contributed by atoms with E-state index < -0.39 is 0 Å². The topological polar surface area (TPSA) is 60.2 Å². The Morgan fingerprint density at radius 2 is 2.11 bits per heavy atom. The summed E-state index contributed by atoms with van der Waals surface area (Å²) >= 11 is 0. The fourth-order valence-corrected chi connectivity index (χ4v) is 2.01. The highest BCUT2D eigenvalue weighted by Crippen LogP contribution is 2.09. The van der Waals surface area contributed by atoms with E-state index in [9.17, 15) is 0 Å². The molecule has 1 aliphatic heterocycles. The van der Waals surface area contributed by atoms with Gasteiger partial charge in [-0.2, -0.15) is 0 Å². The summed E-state index contributed by atoms with van der Waals surface area (Å²) in [5, 5.41) is 13.5. The minimum Gasteiger partial charge on any atom is -0.375 e. The van der Waals surface area contributed by atoms with Gasteiger partial charge in [0.1, 0.15) is 0 Å². The summed E-state index contributed by atoms with van der Waals surface area (Å²) in [7, 11) is 2.10. The van der Waals surface area contributed by atoms with E-state index in [1.807, 2.05) is 0 Å². The lowest BCUT2D eigenvalue weighted by atomic mass is 10.1. The van der Waals surface area contributed by atoms with Crippen LogP contribution in [0, 0.1) is 10.8 Å². The molecule has 0 amide bonds. The van der Waals surface area contributed by atoms with Crippen molar-refractivity contribution in [2.45, 2.75) is 39.0 Å². The summed E-state index contributed by atoms with van der Waals surface area (Å²) in [5.41, 5.74) is 1.80.